The van der Waals surface area contributed by atoms with Crippen LogP contribution >= 0.6 is 11.8 Å². The predicted molar refractivity (Wildman–Crippen MR) is 61.5 cm³/mol. The SMILES string of the molecule is CC12C(=O)OC(=O)C1C1Sc3ccccc3C12. The summed E-state index contributed by atoms with van der Waals surface area (Å²) in [5, 5.41) is 0.191. The van der Waals surface area contributed by atoms with Crippen molar-refractivity contribution in [2.45, 2.75) is 23.0 Å². The molecule has 4 atom stereocenters. The van der Waals surface area contributed by atoms with Gasteiger partial charge in [-0.1, -0.05) is 18.2 Å². The highest BCUT2D eigenvalue weighted by Crippen LogP contribution is 2.70. The fourth-order valence-electron chi connectivity index (χ4n) is 3.47. The minimum Gasteiger partial charge on any atom is -0.392 e. The summed E-state index contributed by atoms with van der Waals surface area (Å²) in [5.74, 6) is -0.782. The van der Waals surface area contributed by atoms with Gasteiger partial charge in [0.25, 0.3) is 0 Å². The Kier molecular flexibility index (Phi) is 1.57. The number of carbonyl (C=O) groups excluding carboxylic acids is 2. The van der Waals surface area contributed by atoms with Crippen LogP contribution in [0.4, 0.5) is 0 Å². The van der Waals surface area contributed by atoms with Crippen LogP contribution in [0.25, 0.3) is 0 Å². The van der Waals surface area contributed by atoms with Crippen molar-refractivity contribution in [3.05, 3.63) is 29.8 Å². The zero-order valence-electron chi connectivity index (χ0n) is 9.17. The van der Waals surface area contributed by atoms with Crippen molar-refractivity contribution in [2.24, 2.45) is 11.3 Å². The third-order valence-electron chi connectivity index (χ3n) is 4.35. The van der Waals surface area contributed by atoms with Gasteiger partial charge in [0.1, 0.15) is 0 Å². The van der Waals surface area contributed by atoms with E-state index in [-0.39, 0.29) is 29.0 Å². The summed E-state index contributed by atoms with van der Waals surface area (Å²) in [6.07, 6.45) is 0. The number of rotatable bonds is 0. The van der Waals surface area contributed by atoms with Crippen molar-refractivity contribution < 1.29 is 14.3 Å². The largest absolute Gasteiger partial charge is 0.392 e. The molecule has 1 aromatic carbocycles. The summed E-state index contributed by atoms with van der Waals surface area (Å²) < 4.78 is 4.81. The maximum absolute atomic E-state index is 11.9. The lowest BCUT2D eigenvalue weighted by molar-refractivity contribution is -0.154. The van der Waals surface area contributed by atoms with Crippen molar-refractivity contribution in [2.75, 3.05) is 0 Å². The van der Waals surface area contributed by atoms with Crippen LogP contribution in [0, 0.1) is 11.3 Å². The molecule has 17 heavy (non-hydrogen) atoms. The highest BCUT2D eigenvalue weighted by atomic mass is 32.2. The van der Waals surface area contributed by atoms with E-state index in [4.69, 9.17) is 4.74 Å². The maximum Gasteiger partial charge on any atom is 0.321 e. The second-order valence-electron chi connectivity index (χ2n) is 5.07. The number of thioether (sulfide) groups is 1. The van der Waals surface area contributed by atoms with Crippen LogP contribution in [-0.2, 0) is 14.3 Å². The van der Waals surface area contributed by atoms with Gasteiger partial charge in [-0.2, -0.15) is 0 Å². The van der Waals surface area contributed by atoms with Gasteiger partial charge in [0, 0.05) is 16.1 Å². The smallest absolute Gasteiger partial charge is 0.321 e. The second-order valence-corrected chi connectivity index (χ2v) is 6.29. The third-order valence-corrected chi connectivity index (χ3v) is 5.80. The summed E-state index contributed by atoms with van der Waals surface area (Å²) in [6.45, 7) is 1.87. The first-order chi connectivity index (χ1) is 8.14. The summed E-state index contributed by atoms with van der Waals surface area (Å²) >= 11 is 1.71. The Morgan fingerprint density at radius 1 is 1.24 bits per heavy atom. The predicted octanol–water partition coefficient (Wildman–Crippen LogP) is 1.96. The molecule has 4 rings (SSSR count). The average molecular weight is 246 g/mol. The molecule has 1 aromatic rings. The molecule has 2 heterocycles. The van der Waals surface area contributed by atoms with Crippen molar-refractivity contribution >= 4 is 23.7 Å². The van der Waals surface area contributed by atoms with Gasteiger partial charge in [-0.25, -0.2) is 0 Å². The molecule has 0 aromatic heterocycles. The van der Waals surface area contributed by atoms with E-state index in [0.717, 1.165) is 0 Å². The van der Waals surface area contributed by atoms with Crippen LogP contribution in [-0.4, -0.2) is 17.2 Å². The summed E-state index contributed by atoms with van der Waals surface area (Å²) in [7, 11) is 0. The Morgan fingerprint density at radius 2 is 2.00 bits per heavy atom. The minimum atomic E-state index is -0.624. The van der Waals surface area contributed by atoms with E-state index in [1.807, 2.05) is 19.1 Å². The van der Waals surface area contributed by atoms with Crippen molar-refractivity contribution in [1.82, 2.24) is 0 Å². The summed E-state index contributed by atoms with van der Waals surface area (Å²) in [4.78, 5) is 24.8. The standard InChI is InChI=1S/C13H10O3S/c1-13-8-6-4-2-3-5-7(6)17-10(8)9(13)11(14)16-12(13)15/h2-5,8-10H,1H3. The highest BCUT2D eigenvalue weighted by molar-refractivity contribution is 8.00. The Hall–Kier alpha value is -1.29. The van der Waals surface area contributed by atoms with E-state index in [0.29, 0.717) is 0 Å². The Balaban J connectivity index is 1.88. The number of cyclic esters (lactones) is 2. The van der Waals surface area contributed by atoms with Crippen LogP contribution in [0.5, 0.6) is 0 Å². The molecule has 1 saturated heterocycles. The lowest BCUT2D eigenvalue weighted by atomic mass is 9.53. The fourth-order valence-corrected chi connectivity index (χ4v) is 5.35. The Bertz CT molecular complexity index is 568. The lowest BCUT2D eigenvalue weighted by Crippen LogP contribution is -2.55. The monoisotopic (exact) mass is 246 g/mol. The summed E-state index contributed by atoms with van der Waals surface area (Å²) in [6, 6.07) is 8.10. The molecule has 0 radical (unpaired) electrons. The minimum absolute atomic E-state index is 0.146. The molecule has 86 valence electrons. The highest BCUT2D eigenvalue weighted by Gasteiger charge is 2.74. The van der Waals surface area contributed by atoms with Gasteiger partial charge < -0.3 is 4.74 Å². The number of hydrogen-bond donors (Lipinski definition) is 0. The molecule has 0 bridgehead atoms. The van der Waals surface area contributed by atoms with Gasteiger partial charge in [-0.05, 0) is 18.6 Å². The molecule has 3 aliphatic rings. The quantitative estimate of drug-likeness (QED) is 0.518. The number of hydrogen-bond acceptors (Lipinski definition) is 4. The van der Waals surface area contributed by atoms with Crippen LogP contribution < -0.4 is 0 Å². The van der Waals surface area contributed by atoms with E-state index in [1.165, 1.54) is 10.5 Å². The molecule has 2 fully saturated rings. The number of esters is 2. The fraction of sp³-hybridized carbons (Fsp3) is 0.385. The summed E-state index contributed by atoms with van der Waals surface area (Å²) in [5.41, 5.74) is 0.578. The number of ether oxygens (including phenoxy) is 1. The van der Waals surface area contributed by atoms with Crippen molar-refractivity contribution in [1.29, 1.82) is 0 Å². The second kappa shape index (κ2) is 2.75. The van der Waals surface area contributed by atoms with Crippen LogP contribution in [0.2, 0.25) is 0 Å². The van der Waals surface area contributed by atoms with E-state index in [9.17, 15) is 9.59 Å². The Labute approximate surface area is 103 Å². The Morgan fingerprint density at radius 3 is 2.82 bits per heavy atom. The molecule has 4 unspecified atom stereocenters. The van der Waals surface area contributed by atoms with Gasteiger partial charge in [0.15, 0.2) is 0 Å². The zero-order chi connectivity index (χ0) is 11.8. The van der Waals surface area contributed by atoms with Crippen LogP contribution in [0.1, 0.15) is 18.4 Å². The lowest BCUT2D eigenvalue weighted by Gasteiger charge is -2.47. The first-order valence-electron chi connectivity index (χ1n) is 5.66. The van der Waals surface area contributed by atoms with Gasteiger partial charge in [0.2, 0.25) is 0 Å². The molecule has 3 nitrogen and oxygen atoms in total. The number of benzene rings is 1. The average Bonchev–Trinajstić information content (AvgIpc) is 2.70. The van der Waals surface area contributed by atoms with Crippen LogP contribution in [0.3, 0.4) is 0 Å². The number of fused-ring (bicyclic) bond motifs is 6. The third kappa shape index (κ3) is 0.889. The van der Waals surface area contributed by atoms with Gasteiger partial charge in [-0.3, -0.25) is 9.59 Å². The normalized spacial score (nSPS) is 41.4. The molecule has 1 saturated carbocycles. The topological polar surface area (TPSA) is 43.4 Å². The molecular weight excluding hydrogens is 236 g/mol. The first kappa shape index (κ1) is 9.71. The van der Waals surface area contributed by atoms with Crippen molar-refractivity contribution in [3.8, 4) is 0 Å². The van der Waals surface area contributed by atoms with Gasteiger partial charge in [-0.15, -0.1) is 11.8 Å². The molecule has 2 aliphatic heterocycles. The molecule has 4 heteroatoms. The zero-order valence-corrected chi connectivity index (χ0v) is 9.99. The van der Waals surface area contributed by atoms with Crippen LogP contribution in [0.15, 0.2) is 29.2 Å². The van der Waals surface area contributed by atoms with E-state index < -0.39 is 5.41 Å². The maximum atomic E-state index is 11.9. The van der Waals surface area contributed by atoms with Gasteiger partial charge in [0.05, 0.1) is 11.3 Å². The molecule has 1 aliphatic carbocycles. The number of carbonyl (C=O) groups is 2. The molecule has 0 amide bonds. The molecular formula is C13H10O3S. The molecule has 0 spiro atoms. The van der Waals surface area contributed by atoms with Gasteiger partial charge >= 0.3 is 11.9 Å². The van der Waals surface area contributed by atoms with E-state index in [1.54, 1.807) is 11.8 Å². The molecule has 0 N–H and O–H groups in total. The van der Waals surface area contributed by atoms with E-state index in [2.05, 4.69) is 12.1 Å². The van der Waals surface area contributed by atoms with Crippen molar-refractivity contribution in [3.63, 3.8) is 0 Å². The first-order valence-corrected chi connectivity index (χ1v) is 6.53. The van der Waals surface area contributed by atoms with E-state index >= 15 is 0 Å².